The van der Waals surface area contributed by atoms with Gasteiger partial charge >= 0.3 is 0 Å². The minimum absolute atomic E-state index is 0.241. The summed E-state index contributed by atoms with van der Waals surface area (Å²) in [5.74, 6) is 6.31. The Morgan fingerprint density at radius 1 is 1.24 bits per heavy atom. The highest BCUT2D eigenvalue weighted by Gasteiger charge is 2.07. The molecule has 2 heterocycles. The topological polar surface area (TPSA) is 129 Å². The molecule has 0 fully saturated rings. The molecule has 0 atom stereocenters. The summed E-state index contributed by atoms with van der Waals surface area (Å²) in [5.41, 5.74) is 2.39. The van der Waals surface area contributed by atoms with Gasteiger partial charge in [-0.3, -0.25) is 5.43 Å². The molecular formula is C11H19N9O. The van der Waals surface area contributed by atoms with Gasteiger partial charge in [-0.25, -0.2) is 10.8 Å². The fourth-order valence-corrected chi connectivity index (χ4v) is 1.51. The predicted octanol–water partition coefficient (Wildman–Crippen LogP) is -0.0335. The van der Waals surface area contributed by atoms with E-state index in [1.54, 1.807) is 0 Å². The van der Waals surface area contributed by atoms with Crippen LogP contribution in [0.1, 0.15) is 19.8 Å². The molecule has 0 bridgehead atoms. The number of hydrogen-bond donors (Lipinski definition) is 3. The molecule has 0 unspecified atom stereocenters. The quantitative estimate of drug-likeness (QED) is 0.331. The number of unbranched alkanes of at least 4 members (excludes halogenated alkanes) is 1. The van der Waals surface area contributed by atoms with E-state index in [9.17, 15) is 0 Å². The Morgan fingerprint density at radius 2 is 2.10 bits per heavy atom. The highest BCUT2D eigenvalue weighted by Crippen LogP contribution is 2.07. The summed E-state index contributed by atoms with van der Waals surface area (Å²) in [4.78, 5) is 16.3. The van der Waals surface area contributed by atoms with E-state index in [-0.39, 0.29) is 5.95 Å². The van der Waals surface area contributed by atoms with Crippen LogP contribution in [0.3, 0.4) is 0 Å². The van der Waals surface area contributed by atoms with Gasteiger partial charge in [-0.1, -0.05) is 13.3 Å². The van der Waals surface area contributed by atoms with Crippen LogP contribution in [0.5, 0.6) is 0 Å². The molecular weight excluding hydrogens is 274 g/mol. The second kappa shape index (κ2) is 8.07. The van der Waals surface area contributed by atoms with Crippen LogP contribution < -0.4 is 16.6 Å². The third-order valence-electron chi connectivity index (χ3n) is 2.55. The van der Waals surface area contributed by atoms with Gasteiger partial charge in [0.2, 0.25) is 11.9 Å². The van der Waals surface area contributed by atoms with Crippen molar-refractivity contribution in [2.45, 2.75) is 19.8 Å². The normalized spacial score (nSPS) is 10.6. The van der Waals surface area contributed by atoms with Crippen LogP contribution in [-0.2, 0) is 4.74 Å². The Morgan fingerprint density at radius 3 is 2.81 bits per heavy atom. The molecule has 0 radical (unpaired) electrons. The number of rotatable bonds is 9. The summed E-state index contributed by atoms with van der Waals surface area (Å²) in [6.45, 7) is 4.05. The van der Waals surface area contributed by atoms with E-state index in [2.05, 4.69) is 42.7 Å². The zero-order valence-electron chi connectivity index (χ0n) is 11.9. The molecule has 21 heavy (non-hydrogen) atoms. The van der Waals surface area contributed by atoms with Crippen molar-refractivity contribution < 1.29 is 4.74 Å². The van der Waals surface area contributed by atoms with E-state index >= 15 is 0 Å². The first-order chi connectivity index (χ1) is 10.3. The van der Waals surface area contributed by atoms with Crippen LogP contribution in [-0.4, -0.2) is 49.5 Å². The number of hydrazine groups is 1. The van der Waals surface area contributed by atoms with Crippen LogP contribution in [0.25, 0.3) is 5.95 Å². The zero-order chi connectivity index (χ0) is 14.9. The van der Waals surface area contributed by atoms with Crippen molar-refractivity contribution >= 4 is 11.9 Å². The molecule has 0 saturated carbocycles. The Labute approximate surface area is 122 Å². The van der Waals surface area contributed by atoms with Crippen molar-refractivity contribution in [3.63, 3.8) is 0 Å². The van der Waals surface area contributed by atoms with E-state index in [1.165, 1.54) is 17.3 Å². The van der Waals surface area contributed by atoms with Crippen molar-refractivity contribution in [1.82, 2.24) is 29.7 Å². The summed E-state index contributed by atoms with van der Waals surface area (Å²) in [5, 5.41) is 7.02. The molecule has 0 aromatic carbocycles. The van der Waals surface area contributed by atoms with Crippen LogP contribution in [0.2, 0.25) is 0 Å². The van der Waals surface area contributed by atoms with Gasteiger partial charge in [-0.05, 0) is 6.42 Å². The monoisotopic (exact) mass is 293 g/mol. The number of nitrogens with zero attached hydrogens (tertiary/aromatic N) is 6. The highest BCUT2D eigenvalue weighted by molar-refractivity contribution is 5.36. The first-order valence-electron chi connectivity index (χ1n) is 6.72. The van der Waals surface area contributed by atoms with Crippen molar-refractivity contribution in [1.29, 1.82) is 0 Å². The molecule has 0 aliphatic rings. The minimum atomic E-state index is 0.241. The van der Waals surface area contributed by atoms with Crippen molar-refractivity contribution in [3.8, 4) is 5.95 Å². The van der Waals surface area contributed by atoms with E-state index in [1.807, 2.05) is 0 Å². The Balaban J connectivity index is 1.94. The van der Waals surface area contributed by atoms with Gasteiger partial charge < -0.3 is 10.1 Å². The molecule has 114 valence electrons. The van der Waals surface area contributed by atoms with E-state index in [4.69, 9.17) is 10.6 Å². The maximum atomic E-state index is 5.45. The van der Waals surface area contributed by atoms with Gasteiger partial charge in [0.1, 0.15) is 12.7 Å². The lowest BCUT2D eigenvalue weighted by atomic mass is 10.4. The Kier molecular flexibility index (Phi) is 5.79. The van der Waals surface area contributed by atoms with Gasteiger partial charge in [0.05, 0.1) is 6.61 Å². The van der Waals surface area contributed by atoms with Gasteiger partial charge in [0, 0.05) is 13.2 Å². The molecule has 2 rings (SSSR count). The molecule has 2 aromatic rings. The largest absolute Gasteiger partial charge is 0.380 e. The zero-order valence-corrected chi connectivity index (χ0v) is 11.9. The average Bonchev–Trinajstić information content (AvgIpc) is 3.05. The number of ether oxygens (including phenoxy) is 1. The SMILES string of the molecule is CCCCOCCNc1nc(NN)nc(-n2cncn2)n1. The minimum Gasteiger partial charge on any atom is -0.380 e. The first kappa shape index (κ1) is 15.1. The fraction of sp³-hybridized carbons (Fsp3) is 0.545. The van der Waals surface area contributed by atoms with Crippen LogP contribution in [0.15, 0.2) is 12.7 Å². The van der Waals surface area contributed by atoms with Crippen molar-refractivity contribution in [3.05, 3.63) is 12.7 Å². The molecule has 0 amide bonds. The summed E-state index contributed by atoms with van der Waals surface area (Å²) >= 11 is 0. The molecule has 10 heteroatoms. The summed E-state index contributed by atoms with van der Waals surface area (Å²) in [6.07, 6.45) is 5.07. The third-order valence-corrected chi connectivity index (χ3v) is 2.55. The van der Waals surface area contributed by atoms with E-state index in [0.717, 1.165) is 19.4 Å². The lowest BCUT2D eigenvalue weighted by molar-refractivity contribution is 0.141. The molecule has 4 N–H and O–H groups in total. The second-order valence-corrected chi connectivity index (χ2v) is 4.16. The number of aromatic nitrogens is 6. The van der Waals surface area contributed by atoms with Gasteiger partial charge in [0.15, 0.2) is 0 Å². The molecule has 0 saturated heterocycles. The second-order valence-electron chi connectivity index (χ2n) is 4.16. The average molecular weight is 293 g/mol. The lowest BCUT2D eigenvalue weighted by Gasteiger charge is -2.08. The van der Waals surface area contributed by atoms with Crippen molar-refractivity contribution in [2.24, 2.45) is 5.84 Å². The van der Waals surface area contributed by atoms with Crippen LogP contribution in [0.4, 0.5) is 11.9 Å². The van der Waals surface area contributed by atoms with Crippen molar-refractivity contribution in [2.75, 3.05) is 30.5 Å². The lowest BCUT2D eigenvalue weighted by Crippen LogP contribution is -2.17. The Bertz CT molecular complexity index is 530. The number of nitrogen functional groups attached to an aromatic ring is 1. The number of nitrogens with one attached hydrogen (secondary N) is 2. The molecule has 10 nitrogen and oxygen atoms in total. The Hall–Kier alpha value is -2.33. The van der Waals surface area contributed by atoms with E-state index < -0.39 is 0 Å². The van der Waals surface area contributed by atoms with Gasteiger partial charge in [-0.2, -0.15) is 24.7 Å². The predicted molar refractivity (Wildman–Crippen MR) is 76.8 cm³/mol. The summed E-state index contributed by atoms with van der Waals surface area (Å²) < 4.78 is 6.88. The maximum absolute atomic E-state index is 5.45. The number of nitrogens with two attached hydrogens (primary N) is 1. The summed E-state index contributed by atoms with van der Waals surface area (Å²) in [7, 11) is 0. The molecule has 0 aliphatic heterocycles. The standard InChI is InChI=1S/C11H19N9O/c1-2-3-5-21-6-4-14-9-16-10(19-12)18-11(17-9)20-8-13-7-15-20/h7-8H,2-6,12H2,1H3,(H2,14,16,17,18,19). The third kappa shape index (κ3) is 4.61. The first-order valence-corrected chi connectivity index (χ1v) is 6.72. The number of anilines is 2. The molecule has 2 aromatic heterocycles. The van der Waals surface area contributed by atoms with Crippen LogP contribution >= 0.6 is 0 Å². The van der Waals surface area contributed by atoms with Gasteiger partial charge in [0.25, 0.3) is 5.95 Å². The van der Waals surface area contributed by atoms with E-state index in [0.29, 0.717) is 25.0 Å². The molecule has 0 aliphatic carbocycles. The highest BCUT2D eigenvalue weighted by atomic mass is 16.5. The maximum Gasteiger partial charge on any atom is 0.258 e. The summed E-state index contributed by atoms with van der Waals surface area (Å²) in [6, 6.07) is 0. The number of hydrogen-bond acceptors (Lipinski definition) is 9. The molecule has 0 spiro atoms. The smallest absolute Gasteiger partial charge is 0.258 e. The fourth-order valence-electron chi connectivity index (χ4n) is 1.51. The van der Waals surface area contributed by atoms with Gasteiger partial charge in [-0.15, -0.1) is 0 Å². The van der Waals surface area contributed by atoms with Crippen LogP contribution in [0, 0.1) is 0 Å².